The Morgan fingerprint density at radius 1 is 1.33 bits per heavy atom. The summed E-state index contributed by atoms with van der Waals surface area (Å²) in [5, 5.41) is 0. The molecule has 90 valence electrons. The number of pyridine rings is 1. The fourth-order valence-corrected chi connectivity index (χ4v) is 2.04. The van der Waals surface area contributed by atoms with E-state index in [0.29, 0.717) is 12.2 Å². The van der Waals surface area contributed by atoms with Gasteiger partial charge in [0.15, 0.2) is 11.6 Å². The number of rotatable bonds is 2. The SMILES string of the molecule is O=C(c1ccc2c(c1)CCO2)c1ccncc1F. The fourth-order valence-electron chi connectivity index (χ4n) is 2.04. The second-order valence-corrected chi connectivity index (χ2v) is 4.11. The lowest BCUT2D eigenvalue weighted by Crippen LogP contribution is -2.04. The summed E-state index contributed by atoms with van der Waals surface area (Å²) >= 11 is 0. The summed E-state index contributed by atoms with van der Waals surface area (Å²) in [7, 11) is 0. The predicted molar refractivity (Wildman–Crippen MR) is 63.3 cm³/mol. The van der Waals surface area contributed by atoms with Crippen molar-refractivity contribution >= 4 is 5.78 Å². The van der Waals surface area contributed by atoms with Crippen LogP contribution >= 0.6 is 0 Å². The molecule has 0 spiro atoms. The lowest BCUT2D eigenvalue weighted by Gasteiger charge is -2.04. The molecule has 1 aliphatic heterocycles. The Morgan fingerprint density at radius 2 is 2.22 bits per heavy atom. The summed E-state index contributed by atoms with van der Waals surface area (Å²) in [6.07, 6.45) is 3.24. The minimum atomic E-state index is -0.598. The van der Waals surface area contributed by atoms with Crippen molar-refractivity contribution in [3.05, 3.63) is 59.2 Å². The summed E-state index contributed by atoms with van der Waals surface area (Å²) < 4.78 is 18.9. The molecule has 0 aliphatic carbocycles. The molecule has 2 aromatic rings. The first-order chi connectivity index (χ1) is 8.75. The highest BCUT2D eigenvalue weighted by Gasteiger charge is 2.18. The molecule has 1 aromatic carbocycles. The Morgan fingerprint density at radius 3 is 3.06 bits per heavy atom. The Labute approximate surface area is 103 Å². The largest absolute Gasteiger partial charge is 0.493 e. The van der Waals surface area contributed by atoms with Gasteiger partial charge in [-0.15, -0.1) is 0 Å². The molecule has 3 nitrogen and oxygen atoms in total. The number of ketones is 1. The molecule has 2 heterocycles. The van der Waals surface area contributed by atoms with Crippen LogP contribution in [0.25, 0.3) is 0 Å². The van der Waals surface area contributed by atoms with Crippen LogP contribution in [0.15, 0.2) is 36.7 Å². The van der Waals surface area contributed by atoms with Gasteiger partial charge in [0, 0.05) is 18.2 Å². The lowest BCUT2D eigenvalue weighted by atomic mass is 10.0. The van der Waals surface area contributed by atoms with Crippen molar-refractivity contribution in [2.24, 2.45) is 0 Å². The molecule has 0 N–H and O–H groups in total. The topological polar surface area (TPSA) is 39.2 Å². The maximum atomic E-state index is 13.5. The van der Waals surface area contributed by atoms with E-state index in [-0.39, 0.29) is 11.3 Å². The molecule has 18 heavy (non-hydrogen) atoms. The van der Waals surface area contributed by atoms with E-state index < -0.39 is 5.82 Å². The van der Waals surface area contributed by atoms with Crippen LogP contribution in [0.3, 0.4) is 0 Å². The number of fused-ring (bicyclic) bond motifs is 1. The molecule has 0 amide bonds. The van der Waals surface area contributed by atoms with E-state index in [9.17, 15) is 9.18 Å². The van der Waals surface area contributed by atoms with Gasteiger partial charge in [0.05, 0.1) is 18.4 Å². The van der Waals surface area contributed by atoms with Crippen LogP contribution in [0.5, 0.6) is 5.75 Å². The molecule has 3 rings (SSSR count). The zero-order valence-corrected chi connectivity index (χ0v) is 9.52. The van der Waals surface area contributed by atoms with Crippen LogP contribution in [0, 0.1) is 5.82 Å². The second-order valence-electron chi connectivity index (χ2n) is 4.11. The number of hydrogen-bond acceptors (Lipinski definition) is 3. The Balaban J connectivity index is 2.01. The van der Waals surface area contributed by atoms with Gasteiger partial charge in [0.1, 0.15) is 5.75 Å². The number of carbonyl (C=O) groups is 1. The van der Waals surface area contributed by atoms with Crippen LogP contribution in [0.2, 0.25) is 0 Å². The molecule has 0 fully saturated rings. The van der Waals surface area contributed by atoms with Crippen LogP contribution in [0.1, 0.15) is 21.5 Å². The monoisotopic (exact) mass is 243 g/mol. The molecule has 0 saturated heterocycles. The number of aromatic nitrogens is 1. The Hall–Kier alpha value is -2.23. The van der Waals surface area contributed by atoms with E-state index in [2.05, 4.69) is 4.98 Å². The third-order valence-electron chi connectivity index (χ3n) is 2.97. The number of ether oxygens (including phenoxy) is 1. The zero-order chi connectivity index (χ0) is 12.5. The highest BCUT2D eigenvalue weighted by atomic mass is 19.1. The average Bonchev–Trinajstić information content (AvgIpc) is 2.85. The Bertz CT molecular complexity index is 625. The highest BCUT2D eigenvalue weighted by molar-refractivity contribution is 6.09. The van der Waals surface area contributed by atoms with Crippen molar-refractivity contribution in [1.82, 2.24) is 4.98 Å². The number of nitrogens with zero attached hydrogens (tertiary/aromatic N) is 1. The van der Waals surface area contributed by atoms with Crippen molar-refractivity contribution in [1.29, 1.82) is 0 Å². The summed E-state index contributed by atoms with van der Waals surface area (Å²) in [6, 6.07) is 6.58. The quantitative estimate of drug-likeness (QED) is 0.760. The molecular formula is C14H10FNO2. The van der Waals surface area contributed by atoms with Crippen LogP contribution in [-0.4, -0.2) is 17.4 Å². The van der Waals surface area contributed by atoms with E-state index >= 15 is 0 Å². The van der Waals surface area contributed by atoms with Crippen LogP contribution < -0.4 is 4.74 Å². The smallest absolute Gasteiger partial charge is 0.196 e. The van der Waals surface area contributed by atoms with Gasteiger partial charge < -0.3 is 4.74 Å². The van der Waals surface area contributed by atoms with Gasteiger partial charge in [-0.05, 0) is 29.8 Å². The maximum Gasteiger partial charge on any atom is 0.196 e. The number of hydrogen-bond donors (Lipinski definition) is 0. The van der Waals surface area contributed by atoms with E-state index in [1.54, 1.807) is 18.2 Å². The average molecular weight is 243 g/mol. The number of carbonyl (C=O) groups excluding carboxylic acids is 1. The molecule has 0 unspecified atom stereocenters. The van der Waals surface area contributed by atoms with Crippen molar-refractivity contribution in [3.8, 4) is 5.75 Å². The molecule has 1 aliphatic rings. The first-order valence-corrected chi connectivity index (χ1v) is 5.65. The van der Waals surface area contributed by atoms with Gasteiger partial charge in [-0.1, -0.05) is 0 Å². The predicted octanol–water partition coefficient (Wildman–Crippen LogP) is 2.39. The fraction of sp³-hybridized carbons (Fsp3) is 0.143. The summed E-state index contributed by atoms with van der Waals surface area (Å²) in [6.45, 7) is 0.636. The summed E-state index contributed by atoms with van der Waals surface area (Å²) in [5.41, 5.74) is 1.52. The Kier molecular flexibility index (Phi) is 2.55. The maximum absolute atomic E-state index is 13.5. The summed E-state index contributed by atoms with van der Waals surface area (Å²) in [4.78, 5) is 15.8. The number of halogens is 1. The van der Waals surface area contributed by atoms with Gasteiger partial charge in [-0.3, -0.25) is 9.78 Å². The first kappa shape index (κ1) is 10.9. The van der Waals surface area contributed by atoms with E-state index in [1.807, 2.05) is 0 Å². The minimum absolute atomic E-state index is 0.0452. The third-order valence-corrected chi connectivity index (χ3v) is 2.97. The number of benzene rings is 1. The zero-order valence-electron chi connectivity index (χ0n) is 9.52. The third kappa shape index (κ3) is 1.76. The van der Waals surface area contributed by atoms with Crippen LogP contribution in [-0.2, 0) is 6.42 Å². The van der Waals surface area contributed by atoms with Crippen LogP contribution in [0.4, 0.5) is 4.39 Å². The standard InChI is InChI=1S/C14H10FNO2/c15-12-8-16-5-3-11(12)14(17)10-1-2-13-9(7-10)4-6-18-13/h1-3,5,7-8H,4,6H2. The lowest BCUT2D eigenvalue weighted by molar-refractivity contribution is 0.103. The van der Waals surface area contributed by atoms with Gasteiger partial charge >= 0.3 is 0 Å². The molecule has 0 bridgehead atoms. The highest BCUT2D eigenvalue weighted by Crippen LogP contribution is 2.27. The molecule has 0 radical (unpaired) electrons. The van der Waals surface area contributed by atoms with E-state index in [4.69, 9.17) is 4.74 Å². The second kappa shape index (κ2) is 4.22. The van der Waals surface area contributed by atoms with Gasteiger partial charge in [-0.2, -0.15) is 0 Å². The first-order valence-electron chi connectivity index (χ1n) is 5.65. The van der Waals surface area contributed by atoms with Gasteiger partial charge in [0.2, 0.25) is 0 Å². The normalized spacial score (nSPS) is 12.9. The summed E-state index contributed by atoms with van der Waals surface area (Å²) in [5.74, 6) is -0.120. The minimum Gasteiger partial charge on any atom is -0.493 e. The molecule has 1 aromatic heterocycles. The molecule has 0 atom stereocenters. The van der Waals surface area contributed by atoms with E-state index in [1.165, 1.54) is 12.3 Å². The van der Waals surface area contributed by atoms with Gasteiger partial charge in [-0.25, -0.2) is 4.39 Å². The van der Waals surface area contributed by atoms with Crippen molar-refractivity contribution in [2.45, 2.75) is 6.42 Å². The molecule has 0 saturated carbocycles. The van der Waals surface area contributed by atoms with Crippen molar-refractivity contribution < 1.29 is 13.9 Å². The molecular weight excluding hydrogens is 233 g/mol. The van der Waals surface area contributed by atoms with Gasteiger partial charge in [0.25, 0.3) is 0 Å². The van der Waals surface area contributed by atoms with Crippen molar-refractivity contribution in [2.75, 3.05) is 6.61 Å². The van der Waals surface area contributed by atoms with Crippen molar-refractivity contribution in [3.63, 3.8) is 0 Å². The molecule has 4 heteroatoms. The van der Waals surface area contributed by atoms with E-state index in [0.717, 1.165) is 23.9 Å².